The van der Waals surface area contributed by atoms with E-state index in [-0.39, 0.29) is 23.6 Å². The number of pyridine rings is 1. The topological polar surface area (TPSA) is 97.3 Å². The van der Waals surface area contributed by atoms with E-state index in [0.29, 0.717) is 24.3 Å². The molecule has 32 heavy (non-hydrogen) atoms. The monoisotopic (exact) mass is 643 g/mol. The van der Waals surface area contributed by atoms with Crippen molar-refractivity contribution in [3.05, 3.63) is 72.4 Å². The van der Waals surface area contributed by atoms with Crippen molar-refractivity contribution in [3.63, 3.8) is 0 Å². The van der Waals surface area contributed by atoms with E-state index in [4.69, 9.17) is 22.9 Å². The molecule has 0 unspecified atom stereocenters. The van der Waals surface area contributed by atoms with Crippen LogP contribution in [-0.2, 0) is 4.84 Å². The zero-order valence-corrected chi connectivity index (χ0v) is 21.5. The molecular weight excluding hydrogens is 633 g/mol. The molecule has 0 aliphatic heterocycles. The summed E-state index contributed by atoms with van der Waals surface area (Å²) >= 11 is 16.4. The first-order valence-corrected chi connectivity index (χ1v) is 11.5. The molecule has 0 saturated carbocycles. The van der Waals surface area contributed by atoms with Crippen molar-refractivity contribution in [1.29, 1.82) is 0 Å². The van der Waals surface area contributed by atoms with E-state index in [2.05, 4.69) is 75.0 Å². The Kier molecular flexibility index (Phi) is 8.47. The van der Waals surface area contributed by atoms with E-state index in [1.54, 1.807) is 47.3 Å². The number of carbonyl (C=O) groups excluding carboxylic acids is 2. The molecule has 3 N–H and O–H groups in total. The second kappa shape index (κ2) is 11.1. The highest BCUT2D eigenvalue weighted by molar-refractivity contribution is 9.11. The predicted octanol–water partition coefficient (Wildman–Crippen LogP) is 4.86. The summed E-state index contributed by atoms with van der Waals surface area (Å²) in [5, 5.41) is 3.13. The number of hydrazine groups is 1. The predicted molar refractivity (Wildman–Crippen MR) is 131 cm³/mol. The van der Waals surface area contributed by atoms with Crippen molar-refractivity contribution in [2.75, 3.05) is 11.9 Å². The van der Waals surface area contributed by atoms with E-state index in [0.717, 1.165) is 0 Å². The van der Waals surface area contributed by atoms with E-state index in [9.17, 15) is 9.59 Å². The normalized spacial score (nSPS) is 10.5. The third kappa shape index (κ3) is 5.78. The highest BCUT2D eigenvalue weighted by Gasteiger charge is 2.22. The van der Waals surface area contributed by atoms with Gasteiger partial charge in [-0.15, -0.1) is 12.0 Å². The molecule has 0 spiro atoms. The summed E-state index contributed by atoms with van der Waals surface area (Å²) in [6.45, 7) is -0.0476. The summed E-state index contributed by atoms with van der Waals surface area (Å²) in [5.74, 6) is 1.57. The maximum atomic E-state index is 13.2. The Morgan fingerprint density at radius 1 is 1.19 bits per heavy atom. The van der Waals surface area contributed by atoms with Crippen LogP contribution >= 0.6 is 59.4 Å². The molecule has 0 aliphatic carbocycles. The molecule has 1 aromatic carbocycles. The summed E-state index contributed by atoms with van der Waals surface area (Å²) in [4.78, 5) is 34.9. The van der Waals surface area contributed by atoms with Crippen LogP contribution in [0.15, 0.2) is 56.1 Å². The van der Waals surface area contributed by atoms with Crippen molar-refractivity contribution in [1.82, 2.24) is 20.6 Å². The molecule has 2 heterocycles. The van der Waals surface area contributed by atoms with Crippen LogP contribution < -0.4 is 16.3 Å². The molecule has 8 nitrogen and oxygen atoms in total. The number of aromatic nitrogens is 2. The van der Waals surface area contributed by atoms with Gasteiger partial charge < -0.3 is 5.32 Å². The first kappa shape index (κ1) is 24.4. The molecule has 12 heteroatoms. The Bertz CT molecular complexity index is 1230. The summed E-state index contributed by atoms with van der Waals surface area (Å²) in [6.07, 6.45) is 8.33. The minimum atomic E-state index is -0.566. The number of anilines is 1. The van der Waals surface area contributed by atoms with Crippen molar-refractivity contribution in [2.24, 2.45) is 0 Å². The minimum absolute atomic E-state index is 0.0476. The molecule has 3 rings (SSSR count). The minimum Gasteiger partial charge on any atom is -0.319 e. The molecule has 0 saturated heterocycles. The van der Waals surface area contributed by atoms with E-state index < -0.39 is 11.8 Å². The maximum absolute atomic E-state index is 13.2. The summed E-state index contributed by atoms with van der Waals surface area (Å²) in [5.41, 5.74) is 5.25. The van der Waals surface area contributed by atoms with Gasteiger partial charge in [-0.1, -0.05) is 33.5 Å². The zero-order valence-electron chi connectivity index (χ0n) is 16.0. The smallest absolute Gasteiger partial charge is 0.272 e. The molecular formula is C20H13Br3ClN5O3. The van der Waals surface area contributed by atoms with Crippen molar-refractivity contribution >= 4 is 76.9 Å². The highest BCUT2D eigenvalue weighted by atomic mass is 79.9. The number of hydrogen-bond acceptors (Lipinski definition) is 5. The van der Waals surface area contributed by atoms with Crippen LogP contribution in [-0.4, -0.2) is 28.0 Å². The lowest BCUT2D eigenvalue weighted by atomic mass is 10.1. The summed E-state index contributed by atoms with van der Waals surface area (Å²) in [6, 6.07) is 8.21. The van der Waals surface area contributed by atoms with Crippen molar-refractivity contribution in [3.8, 4) is 18.2 Å². The van der Waals surface area contributed by atoms with Crippen LogP contribution in [0, 0.1) is 12.3 Å². The Morgan fingerprint density at radius 3 is 2.69 bits per heavy atom. The number of rotatable bonds is 7. The lowest BCUT2D eigenvalue weighted by molar-refractivity contribution is 0.0299. The molecule has 0 aliphatic rings. The molecule has 2 aromatic heterocycles. The number of benzene rings is 1. The van der Waals surface area contributed by atoms with Gasteiger partial charge in [0, 0.05) is 25.8 Å². The van der Waals surface area contributed by atoms with Gasteiger partial charge in [0.2, 0.25) is 0 Å². The second-order valence-electron chi connectivity index (χ2n) is 6.04. The van der Waals surface area contributed by atoms with Crippen molar-refractivity contribution < 1.29 is 14.4 Å². The quantitative estimate of drug-likeness (QED) is 0.194. The first-order chi connectivity index (χ1) is 15.3. The maximum Gasteiger partial charge on any atom is 0.272 e. The SMILES string of the molecule is C#CCONNC(=O)c1cc(Br)cc(Br)c1NC(=O)c1cc(Br)cn1-c1ncccc1Cl. The molecule has 0 fully saturated rings. The fourth-order valence-corrected chi connectivity index (χ4v) is 4.58. The number of carbonyl (C=O) groups is 2. The van der Waals surface area contributed by atoms with Gasteiger partial charge in [-0.25, -0.2) is 4.98 Å². The van der Waals surface area contributed by atoms with Gasteiger partial charge in [0.1, 0.15) is 12.3 Å². The van der Waals surface area contributed by atoms with E-state index in [1.165, 1.54) is 0 Å². The fourth-order valence-electron chi connectivity index (χ4n) is 2.62. The molecule has 2 amide bonds. The number of nitrogens with zero attached hydrogens (tertiary/aromatic N) is 2. The number of hydrogen-bond donors (Lipinski definition) is 3. The van der Waals surface area contributed by atoms with Crippen LogP contribution in [0.1, 0.15) is 20.8 Å². The molecule has 164 valence electrons. The van der Waals surface area contributed by atoms with Crippen LogP contribution in [0.2, 0.25) is 5.02 Å². The average Bonchev–Trinajstić information content (AvgIpc) is 3.14. The van der Waals surface area contributed by atoms with Crippen LogP contribution in [0.5, 0.6) is 0 Å². The van der Waals surface area contributed by atoms with Gasteiger partial charge in [0.15, 0.2) is 5.82 Å². The lowest BCUT2D eigenvalue weighted by Crippen LogP contribution is -2.38. The highest BCUT2D eigenvalue weighted by Crippen LogP contribution is 2.32. The Hall–Kier alpha value is -2.20. The summed E-state index contributed by atoms with van der Waals surface area (Å²) < 4.78 is 3.28. The van der Waals surface area contributed by atoms with Gasteiger partial charge in [-0.05, 0) is 62.2 Å². The lowest BCUT2D eigenvalue weighted by Gasteiger charge is -2.15. The number of amides is 2. The van der Waals surface area contributed by atoms with Crippen LogP contribution in [0.3, 0.4) is 0 Å². The zero-order chi connectivity index (χ0) is 23.3. The standard InChI is InChI=1S/C20H13Br3ClN5O3/c1-2-6-32-28-27-19(30)13-7-11(21)8-14(23)17(13)26-20(31)16-9-12(22)10-29(16)18-15(24)4-3-5-25-18/h1,3-5,7-10,28H,6H2,(H,26,31)(H,27,30). The van der Waals surface area contributed by atoms with Crippen LogP contribution in [0.4, 0.5) is 5.69 Å². The number of halogens is 4. The van der Waals surface area contributed by atoms with E-state index >= 15 is 0 Å². The fraction of sp³-hybridized carbons (Fsp3) is 0.0500. The van der Waals surface area contributed by atoms with Gasteiger partial charge in [-0.3, -0.25) is 24.4 Å². The van der Waals surface area contributed by atoms with Gasteiger partial charge >= 0.3 is 0 Å². The first-order valence-electron chi connectivity index (χ1n) is 8.71. The second-order valence-corrected chi connectivity index (χ2v) is 9.13. The Morgan fingerprint density at radius 2 is 1.97 bits per heavy atom. The van der Waals surface area contributed by atoms with Gasteiger partial charge in [0.25, 0.3) is 11.8 Å². The molecule has 0 bridgehead atoms. The Labute approximate surface area is 213 Å². The molecule has 0 radical (unpaired) electrons. The number of nitrogens with one attached hydrogen (secondary N) is 3. The van der Waals surface area contributed by atoms with Gasteiger partial charge in [0.05, 0.1) is 16.3 Å². The van der Waals surface area contributed by atoms with Gasteiger partial charge in [-0.2, -0.15) is 0 Å². The van der Waals surface area contributed by atoms with Crippen LogP contribution in [0.25, 0.3) is 5.82 Å². The third-order valence-electron chi connectivity index (χ3n) is 3.92. The number of terminal acetylenes is 1. The average molecular weight is 647 g/mol. The van der Waals surface area contributed by atoms with E-state index in [1.807, 2.05) is 0 Å². The Balaban J connectivity index is 1.93. The molecule has 3 aromatic rings. The van der Waals surface area contributed by atoms with Crippen molar-refractivity contribution in [2.45, 2.75) is 0 Å². The molecule has 0 atom stereocenters. The third-order valence-corrected chi connectivity index (χ3v) is 5.73. The summed E-state index contributed by atoms with van der Waals surface area (Å²) in [7, 11) is 0. The largest absolute Gasteiger partial charge is 0.319 e.